The average Bonchev–Trinajstić information content (AvgIpc) is 2.48. The Morgan fingerprint density at radius 2 is 2.05 bits per heavy atom. The molecular weight excluding hydrogens is 295 g/mol. The van der Waals surface area contributed by atoms with Crippen LogP contribution in [0.4, 0.5) is 4.39 Å². The van der Waals surface area contributed by atoms with Crippen LogP contribution >= 0.6 is 0 Å². The van der Waals surface area contributed by atoms with Crippen molar-refractivity contribution in [3.05, 3.63) is 53.5 Å². The van der Waals surface area contributed by atoms with Gasteiger partial charge in [0.15, 0.2) is 0 Å². The number of pyridine rings is 1. The Morgan fingerprint density at radius 1 is 1.29 bits per heavy atom. The number of rotatable bonds is 5. The van der Waals surface area contributed by atoms with Crippen LogP contribution in [0.15, 0.2) is 41.4 Å². The summed E-state index contributed by atoms with van der Waals surface area (Å²) in [7, 11) is -2.28. The van der Waals surface area contributed by atoms with Crippen LogP contribution in [0.25, 0.3) is 0 Å². The molecule has 0 bridgehead atoms. The van der Waals surface area contributed by atoms with Crippen LogP contribution in [0.2, 0.25) is 0 Å². The van der Waals surface area contributed by atoms with Gasteiger partial charge in [0.1, 0.15) is 5.82 Å². The number of hydrogen-bond acceptors (Lipinski definition) is 4. The van der Waals surface area contributed by atoms with E-state index >= 15 is 0 Å². The summed E-state index contributed by atoms with van der Waals surface area (Å²) in [4.78, 5) is 3.92. The Balaban J connectivity index is 2.15. The molecule has 0 saturated heterocycles. The lowest BCUT2D eigenvalue weighted by Crippen LogP contribution is -2.24. The first-order chi connectivity index (χ1) is 9.92. The standard InChI is InChI=1S/C14H15FN2O3S/c1-10-3-5-12(15)7-13(10)21(18,19)17-9-11-4-6-14(20-2)16-8-11/h3-8,17H,9H2,1-2H3. The molecule has 0 fully saturated rings. The third kappa shape index (κ3) is 3.77. The van der Waals surface area contributed by atoms with Crippen molar-refractivity contribution in [1.29, 1.82) is 0 Å². The van der Waals surface area contributed by atoms with Crippen molar-refractivity contribution in [3.8, 4) is 5.88 Å². The molecule has 21 heavy (non-hydrogen) atoms. The molecule has 1 aromatic carbocycles. The van der Waals surface area contributed by atoms with Gasteiger partial charge in [0.25, 0.3) is 0 Å². The van der Waals surface area contributed by atoms with Crippen molar-refractivity contribution in [2.45, 2.75) is 18.4 Å². The molecule has 5 nitrogen and oxygen atoms in total. The van der Waals surface area contributed by atoms with Crippen LogP contribution in [0.3, 0.4) is 0 Å². The second kappa shape index (κ2) is 6.19. The first kappa shape index (κ1) is 15.4. The highest BCUT2D eigenvalue weighted by Gasteiger charge is 2.17. The molecule has 0 radical (unpaired) electrons. The Hall–Kier alpha value is -1.99. The largest absolute Gasteiger partial charge is 0.481 e. The third-order valence-corrected chi connectivity index (χ3v) is 4.46. The maximum Gasteiger partial charge on any atom is 0.241 e. The van der Waals surface area contributed by atoms with Gasteiger partial charge in [-0.1, -0.05) is 12.1 Å². The van der Waals surface area contributed by atoms with Crippen molar-refractivity contribution in [2.24, 2.45) is 0 Å². The minimum atomic E-state index is -3.78. The molecule has 2 rings (SSSR count). The summed E-state index contributed by atoms with van der Waals surface area (Å²) < 4.78 is 44.9. The summed E-state index contributed by atoms with van der Waals surface area (Å²) in [6, 6.07) is 6.99. The molecule has 0 aliphatic carbocycles. The van der Waals surface area contributed by atoms with Gasteiger partial charge in [-0.25, -0.2) is 22.5 Å². The van der Waals surface area contributed by atoms with Crippen LogP contribution in [0.1, 0.15) is 11.1 Å². The summed E-state index contributed by atoms with van der Waals surface area (Å²) in [6.07, 6.45) is 1.51. The number of benzene rings is 1. The van der Waals surface area contributed by atoms with E-state index in [4.69, 9.17) is 4.74 Å². The molecule has 0 amide bonds. The van der Waals surface area contributed by atoms with E-state index in [1.807, 2.05) is 0 Å². The third-order valence-electron chi connectivity index (χ3n) is 2.91. The number of aromatic nitrogens is 1. The van der Waals surface area contributed by atoms with Gasteiger partial charge in [-0.2, -0.15) is 0 Å². The molecule has 0 atom stereocenters. The van der Waals surface area contributed by atoms with Gasteiger partial charge in [-0.15, -0.1) is 0 Å². The van der Waals surface area contributed by atoms with Gasteiger partial charge in [0, 0.05) is 18.8 Å². The zero-order chi connectivity index (χ0) is 15.5. The number of halogens is 1. The van der Waals surface area contributed by atoms with Gasteiger partial charge in [0.2, 0.25) is 15.9 Å². The normalized spacial score (nSPS) is 11.4. The fraction of sp³-hybridized carbons (Fsp3) is 0.214. The molecule has 1 heterocycles. The van der Waals surface area contributed by atoms with E-state index in [9.17, 15) is 12.8 Å². The molecular formula is C14H15FN2O3S. The summed E-state index contributed by atoms with van der Waals surface area (Å²) in [5.74, 6) is -0.144. The zero-order valence-electron chi connectivity index (χ0n) is 11.6. The molecule has 0 aliphatic rings. The van der Waals surface area contributed by atoms with Crippen molar-refractivity contribution >= 4 is 10.0 Å². The zero-order valence-corrected chi connectivity index (χ0v) is 12.4. The molecule has 1 aromatic heterocycles. The molecule has 0 aliphatic heterocycles. The summed E-state index contributed by atoms with van der Waals surface area (Å²) in [5.41, 5.74) is 1.16. The van der Waals surface area contributed by atoms with E-state index in [0.717, 1.165) is 6.07 Å². The fourth-order valence-corrected chi connectivity index (χ4v) is 3.03. The van der Waals surface area contributed by atoms with E-state index in [0.29, 0.717) is 17.0 Å². The first-order valence-corrected chi connectivity index (χ1v) is 7.65. The van der Waals surface area contributed by atoms with Crippen LogP contribution in [0.5, 0.6) is 5.88 Å². The lowest BCUT2D eigenvalue weighted by atomic mass is 10.2. The van der Waals surface area contributed by atoms with Gasteiger partial charge in [-0.3, -0.25) is 0 Å². The van der Waals surface area contributed by atoms with Crippen molar-refractivity contribution < 1.29 is 17.5 Å². The maximum absolute atomic E-state index is 13.2. The summed E-state index contributed by atoms with van der Waals surface area (Å²) >= 11 is 0. The van der Waals surface area contributed by atoms with E-state index in [2.05, 4.69) is 9.71 Å². The number of nitrogens with one attached hydrogen (secondary N) is 1. The molecule has 1 N–H and O–H groups in total. The molecule has 0 unspecified atom stereocenters. The first-order valence-electron chi connectivity index (χ1n) is 6.17. The van der Waals surface area contributed by atoms with Crippen molar-refractivity contribution in [2.75, 3.05) is 7.11 Å². The summed E-state index contributed by atoms with van der Waals surface area (Å²) in [6.45, 7) is 1.68. The van der Waals surface area contributed by atoms with Gasteiger partial charge in [0.05, 0.1) is 12.0 Å². The van der Waals surface area contributed by atoms with Crippen molar-refractivity contribution in [1.82, 2.24) is 9.71 Å². The molecule has 112 valence electrons. The number of ether oxygens (including phenoxy) is 1. The highest BCUT2D eigenvalue weighted by Crippen LogP contribution is 2.16. The number of sulfonamides is 1. The highest BCUT2D eigenvalue weighted by molar-refractivity contribution is 7.89. The predicted octanol–water partition coefficient (Wildman–Crippen LogP) is 2.02. The van der Waals surface area contributed by atoms with Crippen LogP contribution in [-0.2, 0) is 16.6 Å². The summed E-state index contributed by atoms with van der Waals surface area (Å²) in [5, 5.41) is 0. The minimum Gasteiger partial charge on any atom is -0.481 e. The predicted molar refractivity (Wildman–Crippen MR) is 76.0 cm³/mol. The highest BCUT2D eigenvalue weighted by atomic mass is 32.2. The van der Waals surface area contributed by atoms with Crippen LogP contribution in [-0.4, -0.2) is 20.5 Å². The van der Waals surface area contributed by atoms with E-state index in [-0.39, 0.29) is 11.4 Å². The van der Waals surface area contributed by atoms with E-state index < -0.39 is 15.8 Å². The second-order valence-electron chi connectivity index (χ2n) is 4.44. The Kier molecular flexibility index (Phi) is 4.54. The monoisotopic (exact) mass is 310 g/mol. The van der Waals surface area contributed by atoms with Crippen LogP contribution in [0, 0.1) is 12.7 Å². The average molecular weight is 310 g/mol. The number of aryl methyl sites for hydroxylation is 1. The lowest BCUT2D eigenvalue weighted by molar-refractivity contribution is 0.397. The van der Waals surface area contributed by atoms with Crippen molar-refractivity contribution in [3.63, 3.8) is 0 Å². The number of nitrogens with zero attached hydrogens (tertiary/aromatic N) is 1. The van der Waals surface area contributed by atoms with E-state index in [1.54, 1.807) is 19.1 Å². The maximum atomic E-state index is 13.2. The Morgan fingerprint density at radius 3 is 2.67 bits per heavy atom. The molecule has 7 heteroatoms. The SMILES string of the molecule is COc1ccc(CNS(=O)(=O)c2cc(F)ccc2C)cn1. The molecule has 0 saturated carbocycles. The van der Waals surface area contributed by atoms with E-state index in [1.165, 1.54) is 25.4 Å². The topological polar surface area (TPSA) is 68.3 Å². The van der Waals surface area contributed by atoms with Gasteiger partial charge in [-0.05, 0) is 30.2 Å². The van der Waals surface area contributed by atoms with Crippen LogP contribution < -0.4 is 9.46 Å². The smallest absolute Gasteiger partial charge is 0.241 e. The Bertz CT molecular complexity index is 730. The second-order valence-corrected chi connectivity index (χ2v) is 6.18. The number of hydrogen-bond donors (Lipinski definition) is 1. The lowest BCUT2D eigenvalue weighted by Gasteiger charge is -2.09. The quantitative estimate of drug-likeness (QED) is 0.917. The number of methoxy groups -OCH3 is 1. The van der Waals surface area contributed by atoms with Gasteiger partial charge >= 0.3 is 0 Å². The Labute approximate surface area is 122 Å². The van der Waals surface area contributed by atoms with Gasteiger partial charge < -0.3 is 4.74 Å². The molecule has 2 aromatic rings. The fourth-order valence-electron chi connectivity index (χ4n) is 1.76. The minimum absolute atomic E-state index is 0.0648. The molecule has 0 spiro atoms.